The van der Waals surface area contributed by atoms with Crippen LogP contribution in [-0.4, -0.2) is 17.3 Å². The highest BCUT2D eigenvalue weighted by molar-refractivity contribution is 5.27. The van der Waals surface area contributed by atoms with Crippen LogP contribution in [0.4, 0.5) is 8.78 Å². The summed E-state index contributed by atoms with van der Waals surface area (Å²) in [4.78, 5) is 0. The highest BCUT2D eigenvalue weighted by Gasteiger charge is 2.57. The lowest BCUT2D eigenvalue weighted by Gasteiger charge is -2.27. The average molecular weight is 294 g/mol. The van der Waals surface area contributed by atoms with E-state index in [0.717, 1.165) is 0 Å². The van der Waals surface area contributed by atoms with Crippen molar-refractivity contribution in [2.45, 2.75) is 51.1 Å². The minimum absolute atomic E-state index is 0.0218. The first-order valence-electron chi connectivity index (χ1n) is 7.31. The Morgan fingerprint density at radius 3 is 2.52 bits per heavy atom. The van der Waals surface area contributed by atoms with Crippen molar-refractivity contribution in [3.05, 3.63) is 47.5 Å². The topological polar surface area (TPSA) is 18.5 Å². The van der Waals surface area contributed by atoms with E-state index >= 15 is 0 Å². The molecule has 0 saturated carbocycles. The molecule has 3 atom stereocenters. The molecule has 2 heterocycles. The molecule has 0 aliphatic carbocycles. The minimum Gasteiger partial charge on any atom is -0.370 e. The monoisotopic (exact) mass is 294 g/mol. The van der Waals surface area contributed by atoms with Crippen molar-refractivity contribution in [1.82, 2.24) is 0 Å². The third-order valence-electron chi connectivity index (χ3n) is 4.72. The fraction of sp³-hybridized carbons (Fsp3) is 0.529. The van der Waals surface area contributed by atoms with Gasteiger partial charge in [-0.25, -0.2) is 8.78 Å². The predicted octanol–water partition coefficient (Wildman–Crippen LogP) is 3.99. The fourth-order valence-electron chi connectivity index (χ4n) is 3.18. The molecule has 1 saturated heterocycles. The largest absolute Gasteiger partial charge is 0.370 e. The Balaban J connectivity index is 1.74. The molecule has 0 amide bonds. The summed E-state index contributed by atoms with van der Waals surface area (Å²) in [5.41, 5.74) is -0.842. The average Bonchev–Trinajstić information content (AvgIpc) is 2.90. The summed E-state index contributed by atoms with van der Waals surface area (Å²) in [6.07, 6.45) is 4.64. The van der Waals surface area contributed by atoms with Gasteiger partial charge in [0, 0.05) is 12.0 Å². The van der Waals surface area contributed by atoms with Crippen LogP contribution in [0.5, 0.6) is 0 Å². The van der Waals surface area contributed by atoms with Crippen LogP contribution in [0, 0.1) is 17.6 Å². The SMILES string of the molecule is CC(C)[C@]12C=C[C@](C)(O1)[C@H](OCc1c(F)cccc1F)C2. The molecular formula is C17H20F2O2. The van der Waals surface area contributed by atoms with Gasteiger partial charge in [-0.1, -0.05) is 32.1 Å². The summed E-state index contributed by atoms with van der Waals surface area (Å²) < 4.78 is 39.2. The highest BCUT2D eigenvalue weighted by atomic mass is 19.1. The molecule has 2 aliphatic heterocycles. The highest BCUT2D eigenvalue weighted by Crippen LogP contribution is 2.50. The van der Waals surface area contributed by atoms with Gasteiger partial charge in [0.2, 0.25) is 0 Å². The maximum Gasteiger partial charge on any atom is 0.131 e. The molecule has 1 aromatic rings. The summed E-state index contributed by atoms with van der Waals surface area (Å²) in [7, 11) is 0. The molecule has 0 N–H and O–H groups in total. The van der Waals surface area contributed by atoms with Crippen LogP contribution in [0.2, 0.25) is 0 Å². The zero-order valence-corrected chi connectivity index (χ0v) is 12.5. The second-order valence-electron chi connectivity index (χ2n) is 6.43. The molecule has 0 aromatic heterocycles. The van der Waals surface area contributed by atoms with Crippen LogP contribution < -0.4 is 0 Å². The standard InChI is InChI=1S/C17H20F2O2/c1-11(2)17-8-7-16(3,21-17)15(9-17)20-10-12-13(18)5-4-6-14(12)19/h4-8,11,15H,9-10H2,1-3H3/t15-,16+,17-/m1/s1. The number of fused-ring (bicyclic) bond motifs is 2. The molecule has 1 aromatic carbocycles. The molecule has 0 radical (unpaired) electrons. The van der Waals surface area contributed by atoms with E-state index in [4.69, 9.17) is 9.47 Å². The van der Waals surface area contributed by atoms with Crippen LogP contribution in [-0.2, 0) is 16.1 Å². The normalized spacial score (nSPS) is 34.1. The Kier molecular flexibility index (Phi) is 3.41. The number of benzene rings is 1. The van der Waals surface area contributed by atoms with Crippen LogP contribution in [0.15, 0.2) is 30.4 Å². The molecular weight excluding hydrogens is 274 g/mol. The van der Waals surface area contributed by atoms with Crippen molar-refractivity contribution in [1.29, 1.82) is 0 Å². The Hall–Kier alpha value is -1.26. The van der Waals surface area contributed by atoms with E-state index in [1.54, 1.807) is 0 Å². The van der Waals surface area contributed by atoms with Crippen molar-refractivity contribution in [2.75, 3.05) is 0 Å². The summed E-state index contributed by atoms with van der Waals surface area (Å²) in [5, 5.41) is 0. The molecule has 4 heteroatoms. The third kappa shape index (κ3) is 2.30. The summed E-state index contributed by atoms with van der Waals surface area (Å²) in [6, 6.07) is 3.85. The van der Waals surface area contributed by atoms with Crippen LogP contribution in [0.25, 0.3) is 0 Å². The van der Waals surface area contributed by atoms with E-state index in [9.17, 15) is 8.78 Å². The Morgan fingerprint density at radius 1 is 1.29 bits per heavy atom. The second-order valence-corrected chi connectivity index (χ2v) is 6.43. The van der Waals surface area contributed by atoms with Crippen molar-refractivity contribution in [2.24, 2.45) is 5.92 Å². The molecule has 2 nitrogen and oxygen atoms in total. The summed E-state index contributed by atoms with van der Waals surface area (Å²) in [6.45, 7) is 6.09. The van der Waals surface area contributed by atoms with Crippen LogP contribution >= 0.6 is 0 Å². The van der Waals surface area contributed by atoms with Gasteiger partial charge in [0.1, 0.15) is 17.2 Å². The Morgan fingerprint density at radius 2 is 1.95 bits per heavy atom. The maximum absolute atomic E-state index is 13.6. The van der Waals surface area contributed by atoms with E-state index < -0.39 is 17.2 Å². The van der Waals surface area contributed by atoms with Crippen LogP contribution in [0.1, 0.15) is 32.8 Å². The van der Waals surface area contributed by atoms with Gasteiger partial charge in [0.05, 0.1) is 18.3 Å². The molecule has 0 spiro atoms. The quantitative estimate of drug-likeness (QED) is 0.782. The first-order chi connectivity index (χ1) is 9.86. The molecule has 2 bridgehead atoms. The molecule has 0 unspecified atom stereocenters. The lowest BCUT2D eigenvalue weighted by molar-refractivity contribution is -0.0825. The molecule has 2 aliphatic rings. The number of ether oxygens (including phenoxy) is 2. The number of rotatable bonds is 4. The van der Waals surface area contributed by atoms with Crippen molar-refractivity contribution >= 4 is 0 Å². The molecule has 114 valence electrons. The van der Waals surface area contributed by atoms with Gasteiger partial charge < -0.3 is 9.47 Å². The molecule has 3 rings (SSSR count). The van der Waals surface area contributed by atoms with Gasteiger partial charge in [0.25, 0.3) is 0 Å². The number of halogens is 2. The predicted molar refractivity (Wildman–Crippen MR) is 75.8 cm³/mol. The first-order valence-corrected chi connectivity index (χ1v) is 7.31. The van der Waals surface area contributed by atoms with E-state index in [1.165, 1.54) is 18.2 Å². The van der Waals surface area contributed by atoms with Gasteiger partial charge in [-0.3, -0.25) is 0 Å². The lowest BCUT2D eigenvalue weighted by Crippen LogP contribution is -2.35. The van der Waals surface area contributed by atoms with Gasteiger partial charge in [-0.15, -0.1) is 0 Å². The van der Waals surface area contributed by atoms with Gasteiger partial charge >= 0.3 is 0 Å². The number of hydrogen-bond donors (Lipinski definition) is 0. The smallest absolute Gasteiger partial charge is 0.131 e. The van der Waals surface area contributed by atoms with E-state index in [1.807, 2.05) is 13.0 Å². The maximum atomic E-state index is 13.6. The van der Waals surface area contributed by atoms with E-state index in [0.29, 0.717) is 12.3 Å². The third-order valence-corrected chi connectivity index (χ3v) is 4.72. The Labute approximate surface area is 123 Å². The van der Waals surface area contributed by atoms with Crippen molar-refractivity contribution in [3.8, 4) is 0 Å². The van der Waals surface area contributed by atoms with Crippen LogP contribution in [0.3, 0.4) is 0 Å². The second kappa shape index (κ2) is 4.89. The lowest BCUT2D eigenvalue weighted by atomic mass is 9.81. The fourth-order valence-corrected chi connectivity index (χ4v) is 3.18. The molecule has 21 heavy (non-hydrogen) atoms. The number of hydrogen-bond acceptors (Lipinski definition) is 2. The first kappa shape index (κ1) is 14.7. The summed E-state index contributed by atoms with van der Waals surface area (Å²) >= 11 is 0. The molecule has 1 fully saturated rings. The van der Waals surface area contributed by atoms with Gasteiger partial charge in [-0.05, 0) is 25.0 Å². The van der Waals surface area contributed by atoms with E-state index in [2.05, 4.69) is 19.9 Å². The zero-order chi connectivity index (χ0) is 15.3. The van der Waals surface area contributed by atoms with Crippen molar-refractivity contribution in [3.63, 3.8) is 0 Å². The van der Waals surface area contributed by atoms with Gasteiger partial charge in [0.15, 0.2) is 0 Å². The minimum atomic E-state index is -0.571. The summed E-state index contributed by atoms with van der Waals surface area (Å²) in [5.74, 6) is -0.814. The zero-order valence-electron chi connectivity index (χ0n) is 12.5. The van der Waals surface area contributed by atoms with E-state index in [-0.39, 0.29) is 23.9 Å². The Bertz CT molecular complexity index is 564. The van der Waals surface area contributed by atoms with Crippen molar-refractivity contribution < 1.29 is 18.3 Å². The van der Waals surface area contributed by atoms with Gasteiger partial charge in [-0.2, -0.15) is 0 Å².